The van der Waals surface area contributed by atoms with Crippen molar-refractivity contribution in [3.63, 3.8) is 0 Å². The van der Waals surface area contributed by atoms with Gasteiger partial charge in [-0.3, -0.25) is 4.79 Å². The molecule has 1 rings (SSSR count). The van der Waals surface area contributed by atoms with E-state index in [9.17, 15) is 4.79 Å². The lowest BCUT2D eigenvalue weighted by Crippen LogP contribution is -2.01. The Bertz CT molecular complexity index is 365. The SMILES string of the molecule is COCOc1ccc(CCC(=O)O)cc1I. The van der Waals surface area contributed by atoms with Crippen LogP contribution in [0.3, 0.4) is 0 Å². The van der Waals surface area contributed by atoms with E-state index in [0.29, 0.717) is 6.42 Å². The van der Waals surface area contributed by atoms with E-state index in [4.69, 9.17) is 14.6 Å². The summed E-state index contributed by atoms with van der Waals surface area (Å²) in [6.07, 6.45) is 0.685. The van der Waals surface area contributed by atoms with Crippen LogP contribution >= 0.6 is 22.6 Å². The van der Waals surface area contributed by atoms with E-state index < -0.39 is 5.97 Å². The highest BCUT2D eigenvalue weighted by Gasteiger charge is 2.04. The largest absolute Gasteiger partial charge is 0.481 e. The number of carboxylic acids is 1. The maximum absolute atomic E-state index is 10.4. The molecule has 0 saturated heterocycles. The average Bonchev–Trinajstić information content (AvgIpc) is 2.25. The van der Waals surface area contributed by atoms with Gasteiger partial charge in [-0.2, -0.15) is 0 Å². The zero-order valence-electron chi connectivity index (χ0n) is 8.90. The molecule has 1 aromatic rings. The Morgan fingerprint density at radius 1 is 1.50 bits per heavy atom. The molecule has 0 aliphatic rings. The molecule has 0 amide bonds. The van der Waals surface area contributed by atoms with Crippen LogP contribution in [0.1, 0.15) is 12.0 Å². The first-order valence-corrected chi connectivity index (χ1v) is 5.83. The molecule has 5 heteroatoms. The second-order valence-corrected chi connectivity index (χ2v) is 4.37. The van der Waals surface area contributed by atoms with Crippen molar-refractivity contribution in [3.05, 3.63) is 27.3 Å². The highest BCUT2D eigenvalue weighted by atomic mass is 127. The summed E-state index contributed by atoms with van der Waals surface area (Å²) in [5.74, 6) is -0.0313. The van der Waals surface area contributed by atoms with Crippen LogP contribution in [-0.2, 0) is 16.0 Å². The summed E-state index contributed by atoms with van der Waals surface area (Å²) < 4.78 is 11.1. The number of aliphatic carboxylic acids is 1. The molecular weight excluding hydrogens is 323 g/mol. The van der Waals surface area contributed by atoms with Gasteiger partial charge >= 0.3 is 5.97 Å². The van der Waals surface area contributed by atoms with Gasteiger partial charge in [-0.05, 0) is 46.7 Å². The smallest absolute Gasteiger partial charge is 0.303 e. The van der Waals surface area contributed by atoms with E-state index in [1.807, 2.05) is 18.2 Å². The van der Waals surface area contributed by atoms with Crippen LogP contribution < -0.4 is 4.74 Å². The van der Waals surface area contributed by atoms with Gasteiger partial charge in [0.25, 0.3) is 0 Å². The van der Waals surface area contributed by atoms with Gasteiger partial charge in [0.15, 0.2) is 6.79 Å². The Morgan fingerprint density at radius 3 is 2.81 bits per heavy atom. The Balaban J connectivity index is 2.63. The number of benzene rings is 1. The maximum atomic E-state index is 10.4. The Labute approximate surface area is 108 Å². The number of halogens is 1. The molecule has 0 aliphatic carbocycles. The molecule has 16 heavy (non-hydrogen) atoms. The zero-order valence-corrected chi connectivity index (χ0v) is 11.1. The summed E-state index contributed by atoms with van der Waals surface area (Å²) >= 11 is 2.15. The number of aryl methyl sites for hydroxylation is 1. The van der Waals surface area contributed by atoms with E-state index in [1.54, 1.807) is 7.11 Å². The maximum Gasteiger partial charge on any atom is 0.303 e. The number of carboxylic acid groups (broad SMARTS) is 1. The molecule has 0 atom stereocenters. The second kappa shape index (κ2) is 6.70. The van der Waals surface area contributed by atoms with Gasteiger partial charge in [0.05, 0.1) is 3.57 Å². The standard InChI is InChI=1S/C11H13IO4/c1-15-7-16-10-4-2-8(6-9(10)12)3-5-11(13)14/h2,4,6H,3,5,7H2,1H3,(H,13,14). The van der Waals surface area contributed by atoms with Gasteiger partial charge in [0.1, 0.15) is 5.75 Å². The van der Waals surface area contributed by atoms with Crippen LogP contribution in [0.2, 0.25) is 0 Å². The summed E-state index contributed by atoms with van der Waals surface area (Å²) in [6, 6.07) is 5.63. The third-order valence-corrected chi connectivity index (χ3v) is 2.80. The molecule has 4 nitrogen and oxygen atoms in total. The number of hydrogen-bond acceptors (Lipinski definition) is 3. The van der Waals surface area contributed by atoms with Gasteiger partial charge < -0.3 is 14.6 Å². The van der Waals surface area contributed by atoms with E-state index in [2.05, 4.69) is 22.6 Å². The molecule has 1 N–H and O–H groups in total. The lowest BCUT2D eigenvalue weighted by Gasteiger charge is -2.08. The Kier molecular flexibility index (Phi) is 5.54. The normalized spacial score (nSPS) is 10.1. The van der Waals surface area contributed by atoms with E-state index >= 15 is 0 Å². The van der Waals surface area contributed by atoms with Gasteiger partial charge in [-0.15, -0.1) is 0 Å². The molecule has 0 saturated carbocycles. The van der Waals surface area contributed by atoms with Crippen LogP contribution in [0.5, 0.6) is 5.75 Å². The van der Waals surface area contributed by atoms with Gasteiger partial charge in [0, 0.05) is 13.5 Å². The number of methoxy groups -OCH3 is 1. The van der Waals surface area contributed by atoms with Crippen LogP contribution in [0.25, 0.3) is 0 Å². The van der Waals surface area contributed by atoms with Crippen LogP contribution in [0, 0.1) is 3.57 Å². The molecule has 0 spiro atoms. The quantitative estimate of drug-likeness (QED) is 0.640. The lowest BCUT2D eigenvalue weighted by molar-refractivity contribution is -0.136. The Hall–Kier alpha value is -0.820. The third-order valence-electron chi connectivity index (χ3n) is 1.96. The topological polar surface area (TPSA) is 55.8 Å². The molecule has 0 heterocycles. The molecule has 0 radical (unpaired) electrons. The zero-order chi connectivity index (χ0) is 12.0. The minimum Gasteiger partial charge on any atom is -0.481 e. The highest BCUT2D eigenvalue weighted by Crippen LogP contribution is 2.22. The van der Waals surface area contributed by atoms with E-state index in [0.717, 1.165) is 14.9 Å². The number of carbonyl (C=O) groups is 1. The number of rotatable bonds is 6. The van der Waals surface area contributed by atoms with E-state index in [-0.39, 0.29) is 13.2 Å². The van der Waals surface area contributed by atoms with Gasteiger partial charge in [-0.1, -0.05) is 6.07 Å². The molecule has 0 unspecified atom stereocenters. The minimum absolute atomic E-state index is 0.147. The summed E-state index contributed by atoms with van der Waals surface area (Å²) in [4.78, 5) is 10.4. The molecule has 88 valence electrons. The molecule has 0 bridgehead atoms. The molecule has 0 fully saturated rings. The summed E-state index contributed by atoms with van der Waals surface area (Å²) in [5, 5.41) is 8.57. The predicted octanol–water partition coefficient (Wildman–Crippen LogP) is 2.29. The van der Waals surface area contributed by atoms with Crippen molar-refractivity contribution in [1.82, 2.24) is 0 Å². The minimum atomic E-state index is -0.783. The first-order valence-electron chi connectivity index (χ1n) is 4.75. The predicted molar refractivity (Wildman–Crippen MR) is 67.6 cm³/mol. The van der Waals surface area contributed by atoms with Crippen molar-refractivity contribution < 1.29 is 19.4 Å². The van der Waals surface area contributed by atoms with Crippen molar-refractivity contribution in [1.29, 1.82) is 0 Å². The fourth-order valence-corrected chi connectivity index (χ4v) is 1.93. The second-order valence-electron chi connectivity index (χ2n) is 3.21. The molecular formula is C11H13IO4. The highest BCUT2D eigenvalue weighted by molar-refractivity contribution is 14.1. The van der Waals surface area contributed by atoms with Crippen molar-refractivity contribution in [2.75, 3.05) is 13.9 Å². The third kappa shape index (κ3) is 4.36. The van der Waals surface area contributed by atoms with Gasteiger partial charge in [-0.25, -0.2) is 0 Å². The van der Waals surface area contributed by atoms with Crippen LogP contribution in [-0.4, -0.2) is 25.0 Å². The summed E-state index contributed by atoms with van der Waals surface area (Å²) in [7, 11) is 1.56. The molecule has 0 aliphatic heterocycles. The monoisotopic (exact) mass is 336 g/mol. The number of ether oxygens (including phenoxy) is 2. The molecule has 1 aromatic carbocycles. The Morgan fingerprint density at radius 2 is 2.25 bits per heavy atom. The lowest BCUT2D eigenvalue weighted by atomic mass is 10.1. The fourth-order valence-electron chi connectivity index (χ4n) is 1.19. The summed E-state index contributed by atoms with van der Waals surface area (Å²) in [6.45, 7) is 0.213. The van der Waals surface area contributed by atoms with Crippen LogP contribution in [0.15, 0.2) is 18.2 Å². The first kappa shape index (κ1) is 13.2. The number of hydrogen-bond donors (Lipinski definition) is 1. The average molecular weight is 336 g/mol. The van der Waals surface area contributed by atoms with Crippen molar-refractivity contribution in [3.8, 4) is 5.75 Å². The van der Waals surface area contributed by atoms with Crippen LogP contribution in [0.4, 0.5) is 0 Å². The van der Waals surface area contributed by atoms with Crippen molar-refractivity contribution in [2.24, 2.45) is 0 Å². The first-order chi connectivity index (χ1) is 7.63. The van der Waals surface area contributed by atoms with Gasteiger partial charge in [0.2, 0.25) is 0 Å². The van der Waals surface area contributed by atoms with E-state index in [1.165, 1.54) is 0 Å². The van der Waals surface area contributed by atoms with Crippen molar-refractivity contribution >= 4 is 28.6 Å². The van der Waals surface area contributed by atoms with Crippen molar-refractivity contribution in [2.45, 2.75) is 12.8 Å². The molecule has 0 aromatic heterocycles. The fraction of sp³-hybridized carbons (Fsp3) is 0.364. The summed E-state index contributed by atoms with van der Waals surface area (Å²) in [5.41, 5.74) is 0.997.